The van der Waals surface area contributed by atoms with E-state index < -0.39 is 17.5 Å². The number of carbonyl (C=O) groups is 1. The summed E-state index contributed by atoms with van der Waals surface area (Å²) in [6.45, 7) is 0.405. The molecule has 1 aliphatic rings. The minimum Gasteiger partial charge on any atom is -0.394 e. The topological polar surface area (TPSA) is 40.5 Å². The zero-order valence-corrected chi connectivity index (χ0v) is 11.1. The van der Waals surface area contributed by atoms with Gasteiger partial charge in [0.1, 0.15) is 0 Å². The van der Waals surface area contributed by atoms with Gasteiger partial charge in [-0.15, -0.1) is 0 Å². The maximum absolute atomic E-state index is 13.2. The molecule has 1 atom stereocenters. The number of carbonyl (C=O) groups excluding carboxylic acids is 1. The molecule has 1 unspecified atom stereocenters. The predicted octanol–water partition coefficient (Wildman–Crippen LogP) is 2.32. The van der Waals surface area contributed by atoms with Gasteiger partial charge < -0.3 is 10.0 Å². The van der Waals surface area contributed by atoms with Crippen LogP contribution < -0.4 is 0 Å². The van der Waals surface area contributed by atoms with E-state index in [1.165, 1.54) is 4.90 Å². The minimum atomic E-state index is -1.05. The van der Waals surface area contributed by atoms with Crippen LogP contribution >= 0.6 is 15.9 Å². The third-order valence-corrected chi connectivity index (χ3v) is 3.75. The van der Waals surface area contributed by atoms with Crippen molar-refractivity contribution in [2.45, 2.75) is 18.9 Å². The highest BCUT2D eigenvalue weighted by atomic mass is 79.9. The van der Waals surface area contributed by atoms with Crippen LogP contribution in [0.25, 0.3) is 0 Å². The first-order chi connectivity index (χ1) is 8.54. The number of benzene rings is 1. The lowest BCUT2D eigenvalue weighted by atomic mass is 10.1. The maximum Gasteiger partial charge on any atom is 0.255 e. The monoisotopic (exact) mass is 319 g/mol. The van der Waals surface area contributed by atoms with Crippen molar-refractivity contribution in [1.82, 2.24) is 4.90 Å². The fourth-order valence-corrected chi connectivity index (χ4v) is 2.62. The lowest BCUT2D eigenvalue weighted by Gasteiger charge is -2.23. The fourth-order valence-electron chi connectivity index (χ4n) is 2.13. The Hall–Kier alpha value is -1.01. The second-order valence-corrected chi connectivity index (χ2v) is 5.08. The Labute approximate surface area is 112 Å². The van der Waals surface area contributed by atoms with Gasteiger partial charge in [-0.05, 0) is 40.9 Å². The molecule has 0 saturated carbocycles. The molecule has 1 aromatic rings. The fraction of sp³-hybridized carbons (Fsp3) is 0.417. The summed E-state index contributed by atoms with van der Waals surface area (Å²) < 4.78 is 26.4. The van der Waals surface area contributed by atoms with Gasteiger partial charge in [0, 0.05) is 11.0 Å². The average molecular weight is 320 g/mol. The Balaban J connectivity index is 2.31. The summed E-state index contributed by atoms with van der Waals surface area (Å²) in [4.78, 5) is 13.7. The van der Waals surface area contributed by atoms with Crippen molar-refractivity contribution < 1.29 is 18.7 Å². The molecule has 0 aromatic heterocycles. The average Bonchev–Trinajstić information content (AvgIpc) is 2.81. The molecule has 98 valence electrons. The van der Waals surface area contributed by atoms with Crippen molar-refractivity contribution in [3.63, 3.8) is 0 Å². The van der Waals surface area contributed by atoms with E-state index in [1.807, 2.05) is 0 Å². The first-order valence-corrected chi connectivity index (χ1v) is 6.40. The summed E-state index contributed by atoms with van der Waals surface area (Å²) >= 11 is 3.05. The molecular weight excluding hydrogens is 308 g/mol. The molecule has 3 nitrogen and oxygen atoms in total. The van der Waals surface area contributed by atoms with Crippen molar-refractivity contribution in [2.75, 3.05) is 13.2 Å². The van der Waals surface area contributed by atoms with Gasteiger partial charge >= 0.3 is 0 Å². The van der Waals surface area contributed by atoms with E-state index in [4.69, 9.17) is 5.11 Å². The van der Waals surface area contributed by atoms with Crippen LogP contribution in [0.4, 0.5) is 8.78 Å². The van der Waals surface area contributed by atoms with E-state index in [1.54, 1.807) is 0 Å². The van der Waals surface area contributed by atoms with E-state index >= 15 is 0 Å². The number of hydrogen-bond acceptors (Lipinski definition) is 2. The van der Waals surface area contributed by atoms with Crippen LogP contribution in [-0.4, -0.2) is 35.1 Å². The number of nitrogens with zero attached hydrogens (tertiary/aromatic N) is 1. The third-order valence-electron chi connectivity index (χ3n) is 3.09. The van der Waals surface area contributed by atoms with E-state index in [-0.39, 0.29) is 22.7 Å². The molecule has 0 spiro atoms. The summed E-state index contributed by atoms with van der Waals surface area (Å²) in [7, 11) is 0. The predicted molar refractivity (Wildman–Crippen MR) is 65.2 cm³/mol. The maximum atomic E-state index is 13.2. The van der Waals surface area contributed by atoms with Gasteiger partial charge in [-0.2, -0.15) is 0 Å². The molecule has 1 heterocycles. The third kappa shape index (κ3) is 2.40. The number of rotatable bonds is 2. The van der Waals surface area contributed by atoms with Crippen LogP contribution in [0.5, 0.6) is 0 Å². The van der Waals surface area contributed by atoms with E-state index in [0.29, 0.717) is 6.54 Å². The van der Waals surface area contributed by atoms with Crippen molar-refractivity contribution in [3.05, 3.63) is 33.8 Å². The molecule has 0 bridgehead atoms. The van der Waals surface area contributed by atoms with Gasteiger partial charge in [0.15, 0.2) is 11.6 Å². The Kier molecular flexibility index (Phi) is 3.97. The van der Waals surface area contributed by atoms with Gasteiger partial charge in [0.25, 0.3) is 5.91 Å². The molecule has 1 fully saturated rings. The van der Waals surface area contributed by atoms with Crippen LogP contribution in [0.2, 0.25) is 0 Å². The second-order valence-electron chi connectivity index (χ2n) is 4.22. The Morgan fingerprint density at radius 3 is 2.78 bits per heavy atom. The Morgan fingerprint density at radius 2 is 2.11 bits per heavy atom. The standard InChI is InChI=1S/C12H12BrF2NO2/c13-9-5-11(15)10(14)4-8(9)12(18)16-3-1-2-7(16)6-17/h4-5,7,17H,1-3,6H2. The molecule has 6 heteroatoms. The van der Waals surface area contributed by atoms with Gasteiger partial charge in [-0.1, -0.05) is 0 Å². The first kappa shape index (κ1) is 13.4. The number of likely N-dealkylation sites (tertiary alicyclic amines) is 1. The van der Waals surface area contributed by atoms with E-state index in [0.717, 1.165) is 25.0 Å². The number of amides is 1. The van der Waals surface area contributed by atoms with Crippen molar-refractivity contribution in [1.29, 1.82) is 0 Å². The summed E-state index contributed by atoms with van der Waals surface area (Å²) in [5.41, 5.74) is 0.0780. The number of halogens is 3. The molecule has 0 aliphatic carbocycles. The van der Waals surface area contributed by atoms with Crippen molar-refractivity contribution >= 4 is 21.8 Å². The second kappa shape index (κ2) is 5.32. The van der Waals surface area contributed by atoms with Crippen LogP contribution in [0.15, 0.2) is 16.6 Å². The number of aliphatic hydroxyl groups is 1. The molecule has 2 rings (SSSR count). The molecule has 1 amide bonds. The van der Waals surface area contributed by atoms with Crippen molar-refractivity contribution in [3.8, 4) is 0 Å². The van der Waals surface area contributed by atoms with Gasteiger partial charge in [-0.25, -0.2) is 8.78 Å². The zero-order valence-electron chi connectivity index (χ0n) is 9.50. The lowest BCUT2D eigenvalue weighted by Crippen LogP contribution is -2.37. The van der Waals surface area contributed by atoms with Gasteiger partial charge in [-0.3, -0.25) is 4.79 Å². The molecule has 1 aromatic carbocycles. The van der Waals surface area contributed by atoms with Crippen LogP contribution in [0, 0.1) is 11.6 Å². The summed E-state index contributed by atoms with van der Waals surface area (Å²) in [5.74, 6) is -2.45. The summed E-state index contributed by atoms with van der Waals surface area (Å²) in [6.07, 6.45) is 1.53. The van der Waals surface area contributed by atoms with E-state index in [9.17, 15) is 13.6 Å². The van der Waals surface area contributed by atoms with Crippen LogP contribution in [0.1, 0.15) is 23.2 Å². The van der Waals surface area contributed by atoms with Crippen LogP contribution in [-0.2, 0) is 0 Å². The van der Waals surface area contributed by atoms with Crippen molar-refractivity contribution in [2.24, 2.45) is 0 Å². The normalized spacial score (nSPS) is 19.3. The Bertz CT molecular complexity index is 481. The first-order valence-electron chi connectivity index (χ1n) is 5.61. The highest BCUT2D eigenvalue weighted by Crippen LogP contribution is 2.25. The minimum absolute atomic E-state index is 0.0780. The molecule has 1 saturated heterocycles. The number of hydrogen-bond donors (Lipinski definition) is 1. The van der Waals surface area contributed by atoms with Crippen LogP contribution in [0.3, 0.4) is 0 Å². The zero-order chi connectivity index (χ0) is 13.3. The quantitative estimate of drug-likeness (QED) is 0.850. The SMILES string of the molecule is O=C(c1cc(F)c(F)cc1Br)N1CCCC1CO. The number of aliphatic hydroxyl groups excluding tert-OH is 1. The Morgan fingerprint density at radius 1 is 1.44 bits per heavy atom. The molecular formula is C12H12BrF2NO2. The smallest absolute Gasteiger partial charge is 0.255 e. The largest absolute Gasteiger partial charge is 0.394 e. The highest BCUT2D eigenvalue weighted by Gasteiger charge is 2.30. The molecule has 1 N–H and O–H groups in total. The molecule has 0 radical (unpaired) electrons. The van der Waals surface area contributed by atoms with Gasteiger partial charge in [0.2, 0.25) is 0 Å². The molecule has 1 aliphatic heterocycles. The van der Waals surface area contributed by atoms with Gasteiger partial charge in [0.05, 0.1) is 18.2 Å². The summed E-state index contributed by atoms with van der Waals surface area (Å²) in [5, 5.41) is 9.16. The lowest BCUT2D eigenvalue weighted by molar-refractivity contribution is 0.0676. The van der Waals surface area contributed by atoms with E-state index in [2.05, 4.69) is 15.9 Å². The molecule has 18 heavy (non-hydrogen) atoms. The summed E-state index contributed by atoms with van der Waals surface area (Å²) in [6, 6.07) is 1.58. The highest BCUT2D eigenvalue weighted by molar-refractivity contribution is 9.10.